The average Bonchev–Trinajstić information content (AvgIpc) is 3.13. The molecule has 3 aliphatic rings. The first-order valence-corrected chi connectivity index (χ1v) is 12.5. The third-order valence-corrected chi connectivity index (χ3v) is 8.14. The van der Waals surface area contributed by atoms with Crippen LogP contribution < -0.4 is 10.1 Å². The van der Waals surface area contributed by atoms with E-state index in [1.165, 1.54) is 12.1 Å². The van der Waals surface area contributed by atoms with E-state index in [1.54, 1.807) is 13.2 Å². The van der Waals surface area contributed by atoms with Crippen LogP contribution in [0.3, 0.4) is 0 Å². The van der Waals surface area contributed by atoms with Crippen LogP contribution in [0, 0.1) is 5.82 Å². The van der Waals surface area contributed by atoms with Crippen LogP contribution in [0.1, 0.15) is 55.6 Å². The Labute approximate surface area is 205 Å². The molecule has 5 rings (SSSR count). The summed E-state index contributed by atoms with van der Waals surface area (Å²) in [7, 11) is 1.65. The SMILES string of the molecule is COc1ccccc1[C@@H]1CN(C(=O)C2(c3cccc(F)c3)CCOCC2)C[C@]12CCCCC(=O)N2. The van der Waals surface area contributed by atoms with Crippen molar-refractivity contribution < 1.29 is 23.5 Å². The van der Waals surface area contributed by atoms with Gasteiger partial charge in [-0.15, -0.1) is 0 Å². The molecule has 0 unspecified atom stereocenters. The van der Waals surface area contributed by atoms with Crippen molar-refractivity contribution in [3.05, 3.63) is 65.5 Å². The molecule has 2 aromatic carbocycles. The Bertz CT molecular complexity index is 1100. The zero-order chi connectivity index (χ0) is 24.5. The normalized spacial score (nSPS) is 26.3. The Morgan fingerprint density at radius 3 is 2.69 bits per heavy atom. The molecular formula is C28H33FN2O4. The van der Waals surface area contributed by atoms with E-state index in [0.717, 1.165) is 30.6 Å². The van der Waals surface area contributed by atoms with Crippen LogP contribution in [0.2, 0.25) is 0 Å². The summed E-state index contributed by atoms with van der Waals surface area (Å²) in [5, 5.41) is 3.33. The molecule has 7 heteroatoms. The second kappa shape index (κ2) is 9.61. The number of rotatable bonds is 4. The van der Waals surface area contributed by atoms with Crippen LogP contribution in [-0.4, -0.2) is 55.7 Å². The number of methoxy groups -OCH3 is 1. The van der Waals surface area contributed by atoms with E-state index in [9.17, 15) is 14.0 Å². The van der Waals surface area contributed by atoms with Crippen LogP contribution in [0.15, 0.2) is 48.5 Å². The number of carbonyl (C=O) groups excluding carboxylic acids is 2. The highest BCUT2D eigenvalue weighted by molar-refractivity contribution is 5.89. The fraction of sp³-hybridized carbons (Fsp3) is 0.500. The number of benzene rings is 2. The lowest BCUT2D eigenvalue weighted by molar-refractivity contribution is -0.140. The lowest BCUT2D eigenvalue weighted by Crippen LogP contribution is -2.54. The molecule has 0 aliphatic carbocycles. The lowest BCUT2D eigenvalue weighted by Gasteiger charge is -2.39. The molecule has 0 radical (unpaired) electrons. The number of amides is 2. The molecule has 0 saturated carbocycles. The zero-order valence-electron chi connectivity index (χ0n) is 20.2. The topological polar surface area (TPSA) is 67.9 Å². The second-order valence-electron chi connectivity index (χ2n) is 10.1. The predicted molar refractivity (Wildman–Crippen MR) is 130 cm³/mol. The minimum absolute atomic E-state index is 0.0123. The van der Waals surface area contributed by atoms with Crippen molar-refractivity contribution in [2.75, 3.05) is 33.4 Å². The summed E-state index contributed by atoms with van der Waals surface area (Å²) in [5.41, 5.74) is 0.294. The Hall–Kier alpha value is -2.93. The number of nitrogens with zero attached hydrogens (tertiary/aromatic N) is 1. The second-order valence-corrected chi connectivity index (χ2v) is 10.1. The van der Waals surface area contributed by atoms with Gasteiger partial charge in [-0.1, -0.05) is 36.8 Å². The van der Waals surface area contributed by atoms with Crippen molar-refractivity contribution in [3.8, 4) is 5.75 Å². The van der Waals surface area contributed by atoms with Gasteiger partial charge in [0.1, 0.15) is 11.6 Å². The number of carbonyl (C=O) groups is 2. The molecule has 2 amide bonds. The maximum Gasteiger partial charge on any atom is 0.233 e. The van der Waals surface area contributed by atoms with Gasteiger partial charge in [-0.2, -0.15) is 0 Å². The average molecular weight is 481 g/mol. The number of halogens is 1. The maximum atomic E-state index is 14.4. The number of nitrogens with one attached hydrogen (secondary N) is 1. The number of para-hydroxylation sites is 1. The smallest absolute Gasteiger partial charge is 0.233 e. The van der Waals surface area contributed by atoms with E-state index >= 15 is 0 Å². The van der Waals surface area contributed by atoms with Crippen molar-refractivity contribution in [1.82, 2.24) is 10.2 Å². The number of hydrogen-bond acceptors (Lipinski definition) is 4. The van der Waals surface area contributed by atoms with Crippen molar-refractivity contribution >= 4 is 11.8 Å². The van der Waals surface area contributed by atoms with Gasteiger partial charge in [-0.25, -0.2) is 4.39 Å². The Balaban J connectivity index is 1.55. The van der Waals surface area contributed by atoms with Crippen molar-refractivity contribution in [3.63, 3.8) is 0 Å². The summed E-state index contributed by atoms with van der Waals surface area (Å²) in [5.74, 6) is 0.330. The van der Waals surface area contributed by atoms with Crippen molar-refractivity contribution in [2.45, 2.75) is 55.4 Å². The van der Waals surface area contributed by atoms with Crippen molar-refractivity contribution in [1.29, 1.82) is 0 Å². The Kier molecular flexibility index (Phi) is 6.53. The van der Waals surface area contributed by atoms with Crippen molar-refractivity contribution in [2.24, 2.45) is 0 Å². The van der Waals surface area contributed by atoms with Gasteiger partial charge in [-0.05, 0) is 49.4 Å². The van der Waals surface area contributed by atoms with Crippen LogP contribution in [-0.2, 0) is 19.7 Å². The number of hydrogen-bond donors (Lipinski definition) is 1. The molecule has 35 heavy (non-hydrogen) atoms. The van der Waals surface area contributed by atoms with E-state index in [4.69, 9.17) is 9.47 Å². The van der Waals surface area contributed by atoms with Crippen LogP contribution in [0.5, 0.6) is 5.75 Å². The summed E-state index contributed by atoms with van der Waals surface area (Å²) in [6.07, 6.45) is 4.05. The molecule has 3 aliphatic heterocycles. The van der Waals surface area contributed by atoms with Crippen LogP contribution in [0.25, 0.3) is 0 Å². The van der Waals surface area contributed by atoms with Gasteiger partial charge in [0.05, 0.1) is 18.1 Å². The molecular weight excluding hydrogens is 447 g/mol. The molecule has 2 atom stereocenters. The summed E-state index contributed by atoms with van der Waals surface area (Å²) in [6.45, 7) is 1.80. The van der Waals surface area contributed by atoms with E-state index in [1.807, 2.05) is 35.2 Å². The minimum Gasteiger partial charge on any atom is -0.496 e. The molecule has 0 aromatic heterocycles. The molecule has 1 N–H and O–H groups in total. The molecule has 3 heterocycles. The Morgan fingerprint density at radius 2 is 1.91 bits per heavy atom. The maximum absolute atomic E-state index is 14.4. The summed E-state index contributed by atoms with van der Waals surface area (Å²) in [6, 6.07) is 14.3. The third kappa shape index (κ3) is 4.31. The molecule has 186 valence electrons. The number of likely N-dealkylation sites (tertiary alicyclic amines) is 1. The van der Waals surface area contributed by atoms with Crippen LogP contribution in [0.4, 0.5) is 4.39 Å². The number of ether oxygens (including phenoxy) is 2. The fourth-order valence-corrected chi connectivity index (χ4v) is 6.36. The third-order valence-electron chi connectivity index (χ3n) is 8.14. The van der Waals surface area contributed by atoms with Crippen LogP contribution >= 0.6 is 0 Å². The zero-order valence-corrected chi connectivity index (χ0v) is 20.2. The molecule has 2 aromatic rings. The van der Waals surface area contributed by atoms with Gasteiger partial charge in [0.25, 0.3) is 0 Å². The molecule has 1 spiro atoms. The summed E-state index contributed by atoms with van der Waals surface area (Å²) in [4.78, 5) is 29.0. The van der Waals surface area contributed by atoms with E-state index in [0.29, 0.717) is 51.1 Å². The summed E-state index contributed by atoms with van der Waals surface area (Å²) < 4.78 is 25.6. The molecule has 6 nitrogen and oxygen atoms in total. The molecule has 3 fully saturated rings. The molecule has 0 bridgehead atoms. The standard InChI is InChI=1S/C28H33FN2O4/c1-34-24-10-3-2-9-22(24)23-18-31(19-28(23)12-5-4-11-25(32)30-28)26(33)27(13-15-35-16-14-27)20-7-6-8-21(29)17-20/h2-3,6-10,17,23H,4-5,11-16,18-19H2,1H3,(H,30,32)/t23-,28+/m0/s1. The minimum atomic E-state index is -0.841. The van der Waals surface area contributed by atoms with E-state index in [2.05, 4.69) is 5.32 Å². The van der Waals surface area contributed by atoms with Gasteiger partial charge in [0, 0.05) is 44.2 Å². The van der Waals surface area contributed by atoms with Gasteiger partial charge in [-0.3, -0.25) is 9.59 Å². The highest BCUT2D eigenvalue weighted by Gasteiger charge is 2.54. The van der Waals surface area contributed by atoms with Gasteiger partial charge >= 0.3 is 0 Å². The molecule has 3 saturated heterocycles. The van der Waals surface area contributed by atoms with Gasteiger partial charge in [0.15, 0.2) is 0 Å². The Morgan fingerprint density at radius 1 is 1.11 bits per heavy atom. The fourth-order valence-electron chi connectivity index (χ4n) is 6.36. The predicted octanol–water partition coefficient (Wildman–Crippen LogP) is 3.94. The first-order valence-electron chi connectivity index (χ1n) is 12.5. The first kappa shape index (κ1) is 23.8. The highest BCUT2D eigenvalue weighted by atomic mass is 19.1. The van der Waals surface area contributed by atoms with E-state index < -0.39 is 11.0 Å². The van der Waals surface area contributed by atoms with E-state index in [-0.39, 0.29) is 23.5 Å². The van der Waals surface area contributed by atoms with Gasteiger partial charge < -0.3 is 19.7 Å². The highest BCUT2D eigenvalue weighted by Crippen LogP contribution is 2.46. The monoisotopic (exact) mass is 480 g/mol. The lowest BCUT2D eigenvalue weighted by atomic mass is 9.73. The quantitative estimate of drug-likeness (QED) is 0.720. The first-order chi connectivity index (χ1) is 17.0. The summed E-state index contributed by atoms with van der Waals surface area (Å²) >= 11 is 0. The largest absolute Gasteiger partial charge is 0.496 e. The van der Waals surface area contributed by atoms with Gasteiger partial charge in [0.2, 0.25) is 11.8 Å².